The van der Waals surface area contributed by atoms with Gasteiger partial charge in [-0.05, 0) is 28.9 Å². The second kappa shape index (κ2) is 2.27. The minimum absolute atomic E-state index is 0.0579. The molecule has 0 bridgehead atoms. The van der Waals surface area contributed by atoms with Crippen LogP contribution in [0.1, 0.15) is 6.92 Å². The molecule has 29 valence electrons. The van der Waals surface area contributed by atoms with Crippen molar-refractivity contribution in [2.75, 3.05) is 0 Å². The van der Waals surface area contributed by atoms with E-state index in [1.807, 2.05) is 0 Å². The van der Waals surface area contributed by atoms with Crippen molar-refractivity contribution in [2.24, 2.45) is 0 Å². The first kappa shape index (κ1) is 5.02. The minimum atomic E-state index is -0.0579. The van der Waals surface area contributed by atoms with E-state index in [0.29, 0.717) is 0 Å². The van der Waals surface area contributed by atoms with Crippen molar-refractivity contribution in [2.45, 2.75) is 6.92 Å². The number of allylic oxidation sites excluding steroid dienone is 1. The molecule has 0 saturated heterocycles. The van der Waals surface area contributed by atoms with E-state index in [9.17, 15) is 5.11 Å². The molecule has 0 aliphatic carbocycles. The molecule has 0 aliphatic rings. The van der Waals surface area contributed by atoms with E-state index < -0.39 is 0 Å². The summed E-state index contributed by atoms with van der Waals surface area (Å²) in [5.41, 5.74) is 0. The first-order valence-electron chi connectivity index (χ1n) is 1.26. The Kier molecular flexibility index (Phi) is 2.28. The Morgan fingerprint density at radius 1 is 2.00 bits per heavy atom. The highest BCUT2D eigenvalue weighted by Gasteiger charge is 1.72. The predicted octanol–water partition coefficient (Wildman–Crippen LogP) is 1.67. The van der Waals surface area contributed by atoms with Gasteiger partial charge in [-0.25, -0.2) is 0 Å². The molecule has 0 aromatic heterocycles. The van der Waals surface area contributed by atoms with Gasteiger partial charge in [-0.3, -0.25) is 5.11 Å². The third-order valence-electron chi connectivity index (χ3n) is 0.227. The fraction of sp³-hybridized carbons (Fsp3) is 0.333. The van der Waals surface area contributed by atoms with E-state index in [1.54, 1.807) is 6.92 Å². The summed E-state index contributed by atoms with van der Waals surface area (Å²) in [7, 11) is 0. The molecule has 5 heavy (non-hydrogen) atoms. The molecule has 0 rings (SSSR count). The van der Waals surface area contributed by atoms with Gasteiger partial charge in [-0.1, -0.05) is 0 Å². The second-order valence-corrected chi connectivity index (χ2v) is 1.37. The lowest BCUT2D eigenvalue weighted by Gasteiger charge is -1.64. The average Bonchev–Trinajstić information content (AvgIpc) is 1.38. The molecular weight excluding hydrogens is 132 g/mol. The van der Waals surface area contributed by atoms with Crippen LogP contribution >= 0.6 is 15.9 Å². The van der Waals surface area contributed by atoms with Gasteiger partial charge in [-0.2, -0.15) is 0 Å². The molecular formula is C3H4BrO. The molecule has 0 fully saturated rings. The van der Waals surface area contributed by atoms with E-state index in [2.05, 4.69) is 15.9 Å². The van der Waals surface area contributed by atoms with Crippen LogP contribution in [0, 0.1) is 0 Å². The quantitative estimate of drug-likeness (QED) is 0.451. The third kappa shape index (κ3) is 4.02. The number of rotatable bonds is 0. The second-order valence-electron chi connectivity index (χ2n) is 0.593. The van der Waals surface area contributed by atoms with Gasteiger partial charge in [0.15, 0.2) is 0 Å². The lowest BCUT2D eigenvalue weighted by molar-refractivity contribution is 0.339. The molecule has 0 N–H and O–H groups in total. The number of halogens is 1. The van der Waals surface area contributed by atoms with Gasteiger partial charge in [0.05, 0.1) is 0 Å². The molecule has 0 unspecified atom stereocenters. The predicted molar refractivity (Wildman–Crippen MR) is 23.4 cm³/mol. The van der Waals surface area contributed by atoms with Crippen LogP contribution < -0.4 is 0 Å². The highest BCUT2D eigenvalue weighted by Crippen LogP contribution is 1.95. The van der Waals surface area contributed by atoms with Gasteiger partial charge in [0, 0.05) is 0 Å². The summed E-state index contributed by atoms with van der Waals surface area (Å²) in [4.78, 5) is 0. The normalized spacial score (nSPS) is 12.0. The maximum Gasteiger partial charge on any atom is 0.216 e. The molecule has 1 radical (unpaired) electrons. The number of hydrogen-bond acceptors (Lipinski definition) is 0. The van der Waals surface area contributed by atoms with Crippen molar-refractivity contribution in [1.82, 2.24) is 0 Å². The van der Waals surface area contributed by atoms with Crippen LogP contribution in [-0.4, -0.2) is 0 Å². The fourth-order valence-electron chi connectivity index (χ4n) is 0. The van der Waals surface area contributed by atoms with E-state index in [0.717, 1.165) is 0 Å². The summed E-state index contributed by atoms with van der Waals surface area (Å²) in [6, 6.07) is 0. The molecule has 0 atom stereocenters. The summed E-state index contributed by atoms with van der Waals surface area (Å²) in [5.74, 6) is 0. The van der Waals surface area contributed by atoms with Gasteiger partial charge < -0.3 is 0 Å². The maximum atomic E-state index is 9.67. The van der Waals surface area contributed by atoms with Gasteiger partial charge in [0.2, 0.25) is 4.67 Å². The fourth-order valence-corrected chi connectivity index (χ4v) is 0. The van der Waals surface area contributed by atoms with Gasteiger partial charge >= 0.3 is 0 Å². The van der Waals surface area contributed by atoms with Crippen LogP contribution in [0.4, 0.5) is 0 Å². The molecule has 0 heterocycles. The van der Waals surface area contributed by atoms with Crippen LogP contribution in [0.15, 0.2) is 10.7 Å². The minimum Gasteiger partial charge on any atom is -0.282 e. The van der Waals surface area contributed by atoms with Crippen molar-refractivity contribution < 1.29 is 5.11 Å². The summed E-state index contributed by atoms with van der Waals surface area (Å²) in [6.07, 6.45) is 1.44. The topological polar surface area (TPSA) is 19.9 Å². The Balaban J connectivity index is 3.14. The van der Waals surface area contributed by atoms with Gasteiger partial charge in [0.25, 0.3) is 0 Å². The largest absolute Gasteiger partial charge is 0.282 e. The smallest absolute Gasteiger partial charge is 0.216 e. The molecule has 2 heteroatoms. The van der Waals surface area contributed by atoms with Crippen molar-refractivity contribution in [1.29, 1.82) is 0 Å². The molecule has 0 saturated carbocycles. The first-order valence-corrected chi connectivity index (χ1v) is 2.05. The zero-order valence-corrected chi connectivity index (χ0v) is 4.45. The lowest BCUT2D eigenvalue weighted by atomic mass is 10.7. The first-order chi connectivity index (χ1) is 2.27. The summed E-state index contributed by atoms with van der Waals surface area (Å²) in [6.45, 7) is 1.68. The Bertz CT molecular complexity index is 44.9. The van der Waals surface area contributed by atoms with Crippen LogP contribution in [0.5, 0.6) is 0 Å². The van der Waals surface area contributed by atoms with Gasteiger partial charge in [0.1, 0.15) is 0 Å². The van der Waals surface area contributed by atoms with Crippen LogP contribution in [-0.2, 0) is 5.11 Å². The highest BCUT2D eigenvalue weighted by atomic mass is 79.9. The molecule has 0 aliphatic heterocycles. The number of hydrogen-bond donors (Lipinski definition) is 0. The Labute approximate surface area is 39.4 Å². The zero-order chi connectivity index (χ0) is 4.28. The molecule has 1 nitrogen and oxygen atoms in total. The zero-order valence-electron chi connectivity index (χ0n) is 2.86. The summed E-state index contributed by atoms with van der Waals surface area (Å²) < 4.78 is -0.0579. The van der Waals surface area contributed by atoms with Crippen molar-refractivity contribution in [3.05, 3.63) is 10.7 Å². The van der Waals surface area contributed by atoms with Crippen LogP contribution in [0.25, 0.3) is 0 Å². The Hall–Kier alpha value is 0.0200. The van der Waals surface area contributed by atoms with E-state index in [4.69, 9.17) is 0 Å². The summed E-state index contributed by atoms with van der Waals surface area (Å²) >= 11 is 2.68. The van der Waals surface area contributed by atoms with Crippen molar-refractivity contribution in [3.63, 3.8) is 0 Å². The third-order valence-corrected chi connectivity index (χ3v) is 0.685. The van der Waals surface area contributed by atoms with Crippen LogP contribution in [0.3, 0.4) is 0 Å². The van der Waals surface area contributed by atoms with E-state index in [-0.39, 0.29) is 4.67 Å². The van der Waals surface area contributed by atoms with Gasteiger partial charge in [-0.15, -0.1) is 0 Å². The monoisotopic (exact) mass is 135 g/mol. The molecule has 0 amide bonds. The highest BCUT2D eigenvalue weighted by molar-refractivity contribution is 9.11. The van der Waals surface area contributed by atoms with Crippen molar-refractivity contribution in [3.8, 4) is 0 Å². The lowest BCUT2D eigenvalue weighted by Crippen LogP contribution is -1.49. The van der Waals surface area contributed by atoms with E-state index >= 15 is 0 Å². The molecule has 0 spiro atoms. The summed E-state index contributed by atoms with van der Waals surface area (Å²) in [5, 5.41) is 9.67. The average molecular weight is 136 g/mol. The molecule has 0 aromatic rings. The van der Waals surface area contributed by atoms with Crippen LogP contribution in [0.2, 0.25) is 0 Å². The van der Waals surface area contributed by atoms with E-state index in [1.165, 1.54) is 6.08 Å². The standard InChI is InChI=1S/C3H4BrO/c1-2-3(4)5/h2H,1H3/b3-2-. The molecule has 0 aromatic carbocycles. The SMILES string of the molecule is C/C=C(\[O])Br. The Morgan fingerprint density at radius 3 is 2.20 bits per heavy atom. The van der Waals surface area contributed by atoms with Crippen molar-refractivity contribution >= 4 is 15.9 Å². The Morgan fingerprint density at radius 2 is 2.20 bits per heavy atom. The maximum absolute atomic E-state index is 9.67.